The fourth-order valence-electron chi connectivity index (χ4n) is 8.58. The van der Waals surface area contributed by atoms with Gasteiger partial charge in [0.25, 0.3) is 11.8 Å². The van der Waals surface area contributed by atoms with Gasteiger partial charge in [0.1, 0.15) is 5.54 Å². The molecule has 2 fully saturated rings. The van der Waals surface area contributed by atoms with E-state index >= 15 is 0 Å². The quantitative estimate of drug-likeness (QED) is 0.113. The summed E-state index contributed by atoms with van der Waals surface area (Å²) in [7, 11) is 3.14. The van der Waals surface area contributed by atoms with E-state index in [-0.39, 0.29) is 17.9 Å². The van der Waals surface area contributed by atoms with Gasteiger partial charge in [-0.1, -0.05) is 128 Å². The van der Waals surface area contributed by atoms with E-state index in [1.165, 1.54) is 37.9 Å². The molecule has 4 atom stereocenters. The van der Waals surface area contributed by atoms with E-state index < -0.39 is 11.6 Å². The van der Waals surface area contributed by atoms with Gasteiger partial charge < -0.3 is 14.8 Å². The first kappa shape index (κ1) is 35.4. The summed E-state index contributed by atoms with van der Waals surface area (Å²) < 4.78 is 2.18. The summed E-state index contributed by atoms with van der Waals surface area (Å²) in [4.78, 5) is 40.3. The molecule has 5 aromatic rings. The van der Waals surface area contributed by atoms with E-state index in [0.29, 0.717) is 30.4 Å². The molecule has 7 rings (SSSR count). The van der Waals surface area contributed by atoms with Crippen molar-refractivity contribution < 1.29 is 14.4 Å². The molecule has 2 amide bonds. The van der Waals surface area contributed by atoms with Crippen LogP contribution in [0.3, 0.4) is 0 Å². The number of amides is 2. The molecule has 1 aliphatic carbocycles. The van der Waals surface area contributed by atoms with Crippen LogP contribution in [0.5, 0.6) is 0 Å². The Morgan fingerprint density at radius 3 is 1.92 bits per heavy atom. The number of fused-ring (bicyclic) bond motifs is 1. The zero-order valence-electron chi connectivity index (χ0n) is 30.2. The van der Waals surface area contributed by atoms with Crippen LogP contribution in [0.1, 0.15) is 64.8 Å². The molecule has 0 spiro atoms. The third kappa shape index (κ3) is 7.18. The second kappa shape index (κ2) is 16.1. The molecule has 4 aromatic carbocycles. The number of likely N-dealkylation sites (N-methyl/N-ethyl adjacent to an activating group) is 1. The van der Waals surface area contributed by atoms with Crippen LogP contribution in [0, 0.1) is 11.8 Å². The molecule has 2 aliphatic rings. The predicted octanol–water partition coefficient (Wildman–Crippen LogP) is 6.96. The third-order valence-electron chi connectivity index (χ3n) is 11.3. The first-order valence-electron chi connectivity index (χ1n) is 18.6. The van der Waals surface area contributed by atoms with Crippen molar-refractivity contribution in [1.29, 1.82) is 0 Å². The molecule has 0 bridgehead atoms. The highest BCUT2D eigenvalue weighted by molar-refractivity contribution is 5.94. The Labute approximate surface area is 307 Å². The maximum atomic E-state index is 13.9. The minimum absolute atomic E-state index is 0.0327. The monoisotopic (exact) mass is 695 g/mol. The number of piperidine rings is 1. The van der Waals surface area contributed by atoms with Gasteiger partial charge in [-0.25, -0.2) is 10.0 Å². The van der Waals surface area contributed by atoms with Crippen LogP contribution in [-0.2, 0) is 21.6 Å². The van der Waals surface area contributed by atoms with Crippen LogP contribution in [0.15, 0.2) is 134 Å². The lowest BCUT2D eigenvalue weighted by Gasteiger charge is -2.46. The summed E-state index contributed by atoms with van der Waals surface area (Å²) in [5, 5.41) is 4.89. The number of carbonyl (C=O) groups excluding carboxylic acids is 2. The summed E-state index contributed by atoms with van der Waals surface area (Å²) in [6.45, 7) is 1.25. The van der Waals surface area contributed by atoms with Crippen molar-refractivity contribution in [1.82, 2.24) is 24.8 Å². The topological polar surface area (TPSA) is 79.7 Å². The predicted molar refractivity (Wildman–Crippen MR) is 203 cm³/mol. The number of likely N-dealkylation sites (tertiary alicyclic amines) is 1. The molecule has 1 saturated carbocycles. The Hall–Kier alpha value is -5.05. The van der Waals surface area contributed by atoms with Crippen molar-refractivity contribution in [2.45, 2.75) is 56.1 Å². The van der Waals surface area contributed by atoms with E-state index in [1.807, 2.05) is 54.9 Å². The Kier molecular flexibility index (Phi) is 10.9. The third-order valence-corrected chi connectivity index (χ3v) is 11.3. The molecule has 8 nitrogen and oxygen atoms in total. The van der Waals surface area contributed by atoms with Gasteiger partial charge in [-0.05, 0) is 53.5 Å². The van der Waals surface area contributed by atoms with Crippen LogP contribution < -0.4 is 5.32 Å². The number of hydrogen-bond acceptors (Lipinski definition) is 5. The van der Waals surface area contributed by atoms with Gasteiger partial charge in [-0.15, -0.1) is 0 Å². The SMILES string of the molecule is CON(C)C(=O)[C@H](Cc1cn(C(c2ccccc2)(c2ccccc2)c2ccccc2)cn1)NC[C@H]1C[C@@H]2CCCC[C@H]2CN1C(=O)c1ccccc1. The van der Waals surface area contributed by atoms with E-state index in [9.17, 15) is 9.59 Å². The molecule has 0 radical (unpaired) electrons. The maximum Gasteiger partial charge on any atom is 0.263 e. The molecule has 0 unspecified atom stereocenters. The lowest BCUT2D eigenvalue weighted by molar-refractivity contribution is -0.171. The summed E-state index contributed by atoms with van der Waals surface area (Å²) in [5.41, 5.74) is 4.07. The molecule has 1 saturated heterocycles. The zero-order valence-corrected chi connectivity index (χ0v) is 30.2. The molecule has 52 heavy (non-hydrogen) atoms. The largest absolute Gasteiger partial charge is 0.334 e. The molecular formula is C44H49N5O3. The summed E-state index contributed by atoms with van der Waals surface area (Å²) in [5.74, 6) is 0.989. The standard InChI is InChI=1S/C44H49N5O3/c1-47(52-2)43(51)41(45-29-40-27-34-19-15-16-20-35(34)30-49(40)42(50)33-17-7-3-8-18-33)28-39-31-48(32-46-39)44(36-21-9-4-10-22-36,37-23-11-5-12-24-37)38-25-13-6-14-26-38/h3-14,17-18,21-26,31-32,34-35,40-41,45H,15-16,19-20,27-30H2,1-2H3/t34-,35-,40+,41-/m0/s1. The lowest BCUT2D eigenvalue weighted by atomic mass is 9.72. The highest BCUT2D eigenvalue weighted by atomic mass is 16.7. The van der Waals surface area contributed by atoms with Gasteiger partial charge in [-0.3, -0.25) is 14.4 Å². The van der Waals surface area contributed by atoms with Gasteiger partial charge in [0.05, 0.1) is 25.2 Å². The van der Waals surface area contributed by atoms with Crippen LogP contribution in [0.25, 0.3) is 0 Å². The van der Waals surface area contributed by atoms with Crippen LogP contribution >= 0.6 is 0 Å². The molecule has 1 aromatic heterocycles. The molecule has 8 heteroatoms. The number of imidazole rings is 1. The van der Waals surface area contributed by atoms with Crippen molar-refractivity contribution >= 4 is 11.8 Å². The summed E-state index contributed by atoms with van der Waals surface area (Å²) >= 11 is 0. The highest BCUT2D eigenvalue weighted by Crippen LogP contribution is 2.41. The average molecular weight is 696 g/mol. The average Bonchev–Trinajstić information content (AvgIpc) is 3.68. The summed E-state index contributed by atoms with van der Waals surface area (Å²) in [6.07, 6.45) is 10.1. The number of rotatable bonds is 12. The number of hydroxylamine groups is 2. The number of nitrogens with one attached hydrogen (secondary N) is 1. The maximum absolute atomic E-state index is 13.9. The number of aromatic nitrogens is 2. The second-order valence-corrected chi connectivity index (χ2v) is 14.3. The number of nitrogens with zero attached hydrogens (tertiary/aromatic N) is 4. The Balaban J connectivity index is 1.20. The van der Waals surface area contributed by atoms with Crippen LogP contribution in [0.4, 0.5) is 0 Å². The van der Waals surface area contributed by atoms with Crippen molar-refractivity contribution in [2.24, 2.45) is 11.8 Å². The molecule has 1 N–H and O–H groups in total. The summed E-state index contributed by atoms with van der Waals surface area (Å²) in [6, 6.07) is 40.4. The van der Waals surface area contributed by atoms with E-state index in [1.54, 1.807) is 7.05 Å². The molecular weight excluding hydrogens is 647 g/mol. The second-order valence-electron chi connectivity index (χ2n) is 14.3. The smallest absolute Gasteiger partial charge is 0.263 e. The van der Waals surface area contributed by atoms with E-state index in [4.69, 9.17) is 9.82 Å². The van der Waals surface area contributed by atoms with Gasteiger partial charge in [0, 0.05) is 44.4 Å². The van der Waals surface area contributed by atoms with Crippen LogP contribution in [-0.4, -0.2) is 70.7 Å². The highest BCUT2D eigenvalue weighted by Gasteiger charge is 2.41. The minimum Gasteiger partial charge on any atom is -0.334 e. The number of benzene rings is 4. The number of carbonyl (C=O) groups is 2. The van der Waals surface area contributed by atoms with Crippen LogP contribution in [0.2, 0.25) is 0 Å². The van der Waals surface area contributed by atoms with Gasteiger partial charge >= 0.3 is 0 Å². The first-order valence-corrected chi connectivity index (χ1v) is 18.6. The molecule has 2 heterocycles. The van der Waals surface area contributed by atoms with Crippen molar-refractivity contribution in [3.8, 4) is 0 Å². The normalized spacial score (nSPS) is 19.4. The first-order chi connectivity index (χ1) is 25.5. The lowest BCUT2D eigenvalue weighted by Crippen LogP contribution is -2.56. The van der Waals surface area contributed by atoms with Crippen molar-refractivity contribution in [2.75, 3.05) is 27.2 Å². The fraction of sp³-hybridized carbons (Fsp3) is 0.341. The van der Waals surface area contributed by atoms with Gasteiger partial charge in [-0.2, -0.15) is 0 Å². The van der Waals surface area contributed by atoms with E-state index in [2.05, 4.69) is 93.8 Å². The Morgan fingerprint density at radius 2 is 1.37 bits per heavy atom. The van der Waals surface area contributed by atoms with Gasteiger partial charge in [0.2, 0.25) is 0 Å². The fourth-order valence-corrected chi connectivity index (χ4v) is 8.58. The van der Waals surface area contributed by atoms with Gasteiger partial charge in [0.15, 0.2) is 0 Å². The van der Waals surface area contributed by atoms with E-state index in [0.717, 1.165) is 35.3 Å². The molecule has 1 aliphatic heterocycles. The number of hydrogen-bond donors (Lipinski definition) is 1. The minimum atomic E-state index is -0.706. The Bertz CT molecular complexity index is 1800. The van der Waals surface area contributed by atoms with Crippen molar-refractivity contribution in [3.05, 3.63) is 162 Å². The molecule has 268 valence electrons. The zero-order chi connectivity index (χ0) is 35.9. The Morgan fingerprint density at radius 1 is 0.827 bits per heavy atom. The van der Waals surface area contributed by atoms with Crippen molar-refractivity contribution in [3.63, 3.8) is 0 Å².